The lowest BCUT2D eigenvalue weighted by molar-refractivity contribution is 0.0871. The molecule has 0 unspecified atom stereocenters. The number of nitrogens with zero attached hydrogens (tertiary/aromatic N) is 2. The van der Waals surface area contributed by atoms with Crippen LogP contribution < -0.4 is 10.1 Å². The molecule has 4 aromatic rings. The van der Waals surface area contributed by atoms with Crippen molar-refractivity contribution >= 4 is 11.4 Å². The Bertz CT molecular complexity index is 1430. The van der Waals surface area contributed by atoms with Crippen LogP contribution in [0.1, 0.15) is 71.5 Å². The molecule has 35 heavy (non-hydrogen) atoms. The Kier molecular flexibility index (Phi) is 5.66. The number of carbonyl (C=O) groups excluding carboxylic acids is 1. The van der Waals surface area contributed by atoms with Crippen LogP contribution in [-0.4, -0.2) is 22.1 Å². The molecule has 5 nitrogen and oxygen atoms in total. The summed E-state index contributed by atoms with van der Waals surface area (Å²) < 4.78 is 7.81. The summed E-state index contributed by atoms with van der Waals surface area (Å²) in [5.74, 6) is 0.860. The molecular weight excluding hydrogens is 434 g/mol. The molecule has 0 bridgehead atoms. The van der Waals surface area contributed by atoms with Crippen LogP contribution in [0.25, 0.3) is 16.6 Å². The van der Waals surface area contributed by atoms with E-state index >= 15 is 0 Å². The molecule has 0 radical (unpaired) electrons. The molecule has 3 heterocycles. The van der Waals surface area contributed by atoms with E-state index in [-0.39, 0.29) is 11.8 Å². The van der Waals surface area contributed by atoms with Crippen LogP contribution in [0, 0.1) is 20.8 Å². The third-order valence-corrected chi connectivity index (χ3v) is 7.04. The van der Waals surface area contributed by atoms with E-state index < -0.39 is 5.54 Å². The van der Waals surface area contributed by atoms with E-state index in [1.54, 1.807) is 0 Å². The van der Waals surface area contributed by atoms with Gasteiger partial charge in [0, 0.05) is 17.5 Å². The number of para-hydroxylation sites is 1. The summed E-state index contributed by atoms with van der Waals surface area (Å²) in [6, 6.07) is 18.5. The summed E-state index contributed by atoms with van der Waals surface area (Å²) in [5, 5.41) is 8.27. The third kappa shape index (κ3) is 3.99. The van der Waals surface area contributed by atoms with Gasteiger partial charge in [0.2, 0.25) is 0 Å². The number of fused-ring (bicyclic) bond motifs is 2. The molecular formula is C30H33N3O2. The van der Waals surface area contributed by atoms with Crippen molar-refractivity contribution in [3.8, 4) is 16.9 Å². The number of pyridine rings is 1. The first kappa shape index (κ1) is 23.2. The van der Waals surface area contributed by atoms with Gasteiger partial charge in [0.05, 0.1) is 34.6 Å². The van der Waals surface area contributed by atoms with Crippen molar-refractivity contribution in [1.29, 1.82) is 0 Å². The second-order valence-electron chi connectivity index (χ2n) is 10.3. The lowest BCUT2D eigenvalue weighted by atomic mass is 9.86. The first-order valence-corrected chi connectivity index (χ1v) is 12.3. The van der Waals surface area contributed by atoms with Crippen LogP contribution in [0.3, 0.4) is 0 Å². The fourth-order valence-corrected chi connectivity index (χ4v) is 5.46. The minimum Gasteiger partial charge on any atom is -0.493 e. The van der Waals surface area contributed by atoms with Crippen LogP contribution in [0.4, 0.5) is 0 Å². The fraction of sp³-hybridized carbons (Fsp3) is 0.333. The maximum Gasteiger partial charge on any atom is 0.253 e. The number of hydrogen-bond acceptors (Lipinski definition) is 3. The molecule has 5 rings (SSSR count). The number of hydrogen-bond donors (Lipinski definition) is 1. The Morgan fingerprint density at radius 2 is 1.77 bits per heavy atom. The highest BCUT2D eigenvalue weighted by Gasteiger charge is 2.35. The van der Waals surface area contributed by atoms with Crippen molar-refractivity contribution in [3.05, 3.63) is 88.2 Å². The zero-order valence-electron chi connectivity index (χ0n) is 21.4. The molecule has 2 aromatic carbocycles. The monoisotopic (exact) mass is 467 g/mol. The van der Waals surface area contributed by atoms with E-state index in [1.165, 1.54) is 11.1 Å². The number of amides is 1. The van der Waals surface area contributed by atoms with Crippen LogP contribution in [0.2, 0.25) is 0 Å². The van der Waals surface area contributed by atoms with Gasteiger partial charge in [0.1, 0.15) is 5.75 Å². The first-order chi connectivity index (χ1) is 16.7. The Hall–Kier alpha value is -3.60. The fourth-order valence-electron chi connectivity index (χ4n) is 5.46. The summed E-state index contributed by atoms with van der Waals surface area (Å²) in [6.07, 6.45) is 0.715. The standard InChI is InChI=1S/C30H33N3O2/c1-18(2)28-23(29(34)31-30(6)13-14-35-26-10-8-7-9-24(26)30)11-12-25-27(21(5)32-33(25)28)22-16-19(3)15-20(4)17-22/h7-12,15-18H,13-14H2,1-6H3,(H,31,34)/t30-/m0/s1. The molecule has 0 spiro atoms. The van der Waals surface area contributed by atoms with Gasteiger partial charge in [0.15, 0.2) is 0 Å². The molecule has 1 aliphatic rings. The zero-order valence-corrected chi connectivity index (χ0v) is 21.4. The van der Waals surface area contributed by atoms with Gasteiger partial charge in [0.25, 0.3) is 5.91 Å². The molecule has 1 amide bonds. The smallest absolute Gasteiger partial charge is 0.253 e. The number of aromatic nitrogens is 2. The van der Waals surface area contributed by atoms with Crippen LogP contribution >= 0.6 is 0 Å². The van der Waals surface area contributed by atoms with Gasteiger partial charge in [-0.2, -0.15) is 5.10 Å². The molecule has 0 saturated heterocycles. The summed E-state index contributed by atoms with van der Waals surface area (Å²) in [7, 11) is 0. The highest BCUT2D eigenvalue weighted by molar-refractivity contribution is 5.97. The van der Waals surface area contributed by atoms with Gasteiger partial charge in [-0.15, -0.1) is 0 Å². The second kappa shape index (κ2) is 8.56. The van der Waals surface area contributed by atoms with E-state index in [0.29, 0.717) is 18.6 Å². The topological polar surface area (TPSA) is 55.6 Å². The molecule has 2 aromatic heterocycles. The van der Waals surface area contributed by atoms with E-state index in [2.05, 4.69) is 58.1 Å². The van der Waals surface area contributed by atoms with Gasteiger partial charge < -0.3 is 10.1 Å². The highest BCUT2D eigenvalue weighted by atomic mass is 16.5. The molecule has 1 N–H and O–H groups in total. The van der Waals surface area contributed by atoms with Crippen LogP contribution in [0.5, 0.6) is 5.75 Å². The molecule has 5 heteroatoms. The van der Waals surface area contributed by atoms with Crippen molar-refractivity contribution in [1.82, 2.24) is 14.9 Å². The average Bonchev–Trinajstić information content (AvgIpc) is 3.13. The predicted octanol–water partition coefficient (Wildman–Crippen LogP) is 6.48. The minimum absolute atomic E-state index is 0.0871. The van der Waals surface area contributed by atoms with Crippen molar-refractivity contribution in [2.45, 2.75) is 59.4 Å². The molecule has 1 atom stereocenters. The summed E-state index contributed by atoms with van der Waals surface area (Å²) >= 11 is 0. The Balaban J connectivity index is 1.60. The lowest BCUT2D eigenvalue weighted by Crippen LogP contribution is -2.47. The molecule has 180 valence electrons. The van der Waals surface area contributed by atoms with E-state index in [1.807, 2.05) is 47.8 Å². The summed E-state index contributed by atoms with van der Waals surface area (Å²) in [5.41, 5.74) is 8.81. The third-order valence-electron chi connectivity index (χ3n) is 7.04. The quantitative estimate of drug-likeness (QED) is 0.374. The number of nitrogens with one attached hydrogen (secondary N) is 1. The van der Waals surface area contributed by atoms with Gasteiger partial charge in [-0.05, 0) is 57.4 Å². The van der Waals surface area contributed by atoms with Crippen molar-refractivity contribution in [3.63, 3.8) is 0 Å². The first-order valence-electron chi connectivity index (χ1n) is 12.3. The lowest BCUT2D eigenvalue weighted by Gasteiger charge is -2.36. The molecule has 1 aliphatic heterocycles. The highest BCUT2D eigenvalue weighted by Crippen LogP contribution is 2.37. The van der Waals surface area contributed by atoms with Crippen molar-refractivity contribution in [2.75, 3.05) is 6.61 Å². The number of rotatable bonds is 4. The van der Waals surface area contributed by atoms with E-state index in [9.17, 15) is 4.79 Å². The van der Waals surface area contributed by atoms with Gasteiger partial charge in [-0.3, -0.25) is 4.79 Å². The summed E-state index contributed by atoms with van der Waals surface area (Å²) in [6.45, 7) is 13.2. The maximum atomic E-state index is 13.8. The van der Waals surface area contributed by atoms with Gasteiger partial charge >= 0.3 is 0 Å². The SMILES string of the molecule is Cc1cc(C)cc(-c2c(C)nn3c(C(C)C)c(C(=O)N[C@@]4(C)CCOc5ccccc54)ccc23)c1. The molecule has 0 fully saturated rings. The maximum absolute atomic E-state index is 13.8. The largest absolute Gasteiger partial charge is 0.493 e. The molecule has 0 saturated carbocycles. The average molecular weight is 468 g/mol. The van der Waals surface area contributed by atoms with Crippen molar-refractivity contribution < 1.29 is 9.53 Å². The number of aryl methyl sites for hydroxylation is 3. The minimum atomic E-state index is -0.501. The molecule has 0 aliphatic carbocycles. The number of benzene rings is 2. The zero-order chi connectivity index (χ0) is 24.9. The van der Waals surface area contributed by atoms with Gasteiger partial charge in [-0.25, -0.2) is 4.52 Å². The summed E-state index contributed by atoms with van der Waals surface area (Å²) in [4.78, 5) is 13.8. The Morgan fingerprint density at radius 3 is 2.49 bits per heavy atom. The number of carbonyl (C=O) groups is 1. The van der Waals surface area contributed by atoms with Crippen LogP contribution in [-0.2, 0) is 5.54 Å². The van der Waals surface area contributed by atoms with Gasteiger partial charge in [-0.1, -0.05) is 61.4 Å². The number of ether oxygens (including phenoxy) is 1. The van der Waals surface area contributed by atoms with E-state index in [4.69, 9.17) is 9.84 Å². The second-order valence-corrected chi connectivity index (χ2v) is 10.3. The Morgan fingerprint density at radius 1 is 1.06 bits per heavy atom. The van der Waals surface area contributed by atoms with Crippen molar-refractivity contribution in [2.24, 2.45) is 0 Å². The van der Waals surface area contributed by atoms with E-state index in [0.717, 1.165) is 39.3 Å². The van der Waals surface area contributed by atoms with Crippen LogP contribution in [0.15, 0.2) is 54.6 Å². The Labute approximate surface area is 207 Å². The predicted molar refractivity (Wildman–Crippen MR) is 140 cm³/mol. The normalized spacial score (nSPS) is 17.3.